The van der Waals surface area contributed by atoms with Crippen LogP contribution in [0.1, 0.15) is 6.42 Å². The largest absolute Gasteiger partial charge is 0.355 e. The minimum absolute atomic E-state index is 0.0764. The molecule has 1 unspecified atom stereocenters. The van der Waals surface area contributed by atoms with Gasteiger partial charge in [0.15, 0.2) is 9.84 Å². The van der Waals surface area contributed by atoms with Gasteiger partial charge in [0.05, 0.1) is 22.2 Å². The Bertz CT molecular complexity index is 860. The molecule has 0 saturated carbocycles. The smallest absolute Gasteiger partial charge is 0.229 e. The predicted octanol–water partition coefficient (Wildman–Crippen LogP) is 3.15. The summed E-state index contributed by atoms with van der Waals surface area (Å²) < 4.78 is 23.3. The van der Waals surface area contributed by atoms with Gasteiger partial charge < -0.3 is 10.2 Å². The van der Waals surface area contributed by atoms with Crippen molar-refractivity contribution in [2.45, 2.75) is 12.5 Å². The monoisotopic (exact) mass is 386 g/mol. The maximum atomic E-state index is 11.7. The number of rotatable bonds is 4. The Hall–Kier alpha value is -1.57. The molecule has 1 fully saturated rings. The van der Waals surface area contributed by atoms with Crippen LogP contribution in [0.3, 0.4) is 0 Å². The number of benzene rings is 1. The van der Waals surface area contributed by atoms with Gasteiger partial charge >= 0.3 is 0 Å². The summed E-state index contributed by atoms with van der Waals surface area (Å²) in [5, 5.41) is 4.08. The molecule has 0 spiro atoms. The summed E-state index contributed by atoms with van der Waals surface area (Å²) in [4.78, 5) is 10.5. The third-order valence-electron chi connectivity index (χ3n) is 3.93. The van der Waals surface area contributed by atoms with Crippen LogP contribution < -0.4 is 10.2 Å². The van der Waals surface area contributed by atoms with E-state index in [-0.39, 0.29) is 17.5 Å². The van der Waals surface area contributed by atoms with E-state index >= 15 is 0 Å². The molecular formula is C15H16Cl2N4O2S. The van der Waals surface area contributed by atoms with E-state index in [9.17, 15) is 8.42 Å². The van der Waals surface area contributed by atoms with Gasteiger partial charge in [0, 0.05) is 24.3 Å². The second-order valence-corrected chi connectivity index (χ2v) is 8.73. The van der Waals surface area contributed by atoms with E-state index in [1.165, 1.54) is 0 Å². The van der Waals surface area contributed by atoms with Gasteiger partial charge in [-0.25, -0.2) is 13.4 Å². The molecule has 2 aromatic rings. The van der Waals surface area contributed by atoms with Crippen molar-refractivity contribution in [1.82, 2.24) is 9.97 Å². The number of aromatic nitrogens is 2. The minimum Gasteiger partial charge on any atom is -0.355 e. The Labute approximate surface area is 150 Å². The molecular weight excluding hydrogens is 371 g/mol. The SMILES string of the molecule is CN(c1ccnc(Nc2cc(Cl)ccc2Cl)n1)C1CCS(=O)(=O)C1. The molecule has 0 radical (unpaired) electrons. The van der Waals surface area contributed by atoms with E-state index in [2.05, 4.69) is 15.3 Å². The lowest BCUT2D eigenvalue weighted by Crippen LogP contribution is -2.33. The van der Waals surface area contributed by atoms with Crippen LogP contribution >= 0.6 is 23.2 Å². The summed E-state index contributed by atoms with van der Waals surface area (Å²) in [7, 11) is -1.11. The van der Waals surface area contributed by atoms with E-state index in [0.29, 0.717) is 33.9 Å². The van der Waals surface area contributed by atoms with Crippen molar-refractivity contribution in [2.75, 3.05) is 28.8 Å². The third kappa shape index (κ3) is 3.91. The van der Waals surface area contributed by atoms with Crippen LogP contribution in [0.25, 0.3) is 0 Å². The molecule has 0 amide bonds. The Morgan fingerprint density at radius 3 is 2.79 bits per heavy atom. The van der Waals surface area contributed by atoms with Crippen LogP contribution in [-0.2, 0) is 9.84 Å². The molecule has 1 atom stereocenters. The van der Waals surface area contributed by atoms with Gasteiger partial charge in [0.1, 0.15) is 5.82 Å². The minimum atomic E-state index is -2.95. The Morgan fingerprint density at radius 1 is 1.29 bits per heavy atom. The highest BCUT2D eigenvalue weighted by atomic mass is 35.5. The molecule has 1 saturated heterocycles. The predicted molar refractivity (Wildman–Crippen MR) is 97.2 cm³/mol. The molecule has 2 heterocycles. The molecule has 0 bridgehead atoms. The lowest BCUT2D eigenvalue weighted by Gasteiger charge is -2.24. The number of hydrogen-bond donors (Lipinski definition) is 1. The van der Waals surface area contributed by atoms with Gasteiger partial charge in [-0.15, -0.1) is 0 Å². The van der Waals surface area contributed by atoms with E-state index in [1.807, 2.05) is 11.9 Å². The zero-order valence-electron chi connectivity index (χ0n) is 12.9. The van der Waals surface area contributed by atoms with E-state index in [4.69, 9.17) is 23.2 Å². The summed E-state index contributed by atoms with van der Waals surface area (Å²) in [5.41, 5.74) is 0.604. The average molecular weight is 387 g/mol. The Morgan fingerprint density at radius 2 is 2.08 bits per heavy atom. The molecule has 128 valence electrons. The molecule has 24 heavy (non-hydrogen) atoms. The van der Waals surface area contributed by atoms with Gasteiger partial charge in [-0.2, -0.15) is 4.98 Å². The normalized spacial score (nSPS) is 19.2. The van der Waals surface area contributed by atoms with E-state index in [0.717, 1.165) is 0 Å². The maximum absolute atomic E-state index is 11.7. The molecule has 1 aromatic carbocycles. The molecule has 1 aliphatic heterocycles. The van der Waals surface area contributed by atoms with E-state index in [1.54, 1.807) is 30.5 Å². The van der Waals surface area contributed by atoms with Crippen LogP contribution in [-0.4, -0.2) is 43.0 Å². The van der Waals surface area contributed by atoms with Gasteiger partial charge in [0.25, 0.3) is 0 Å². The molecule has 9 heteroatoms. The number of nitrogens with one attached hydrogen (secondary N) is 1. The van der Waals surface area contributed by atoms with Crippen LogP contribution in [0.2, 0.25) is 10.0 Å². The van der Waals surface area contributed by atoms with Gasteiger partial charge in [0.2, 0.25) is 5.95 Å². The van der Waals surface area contributed by atoms with Gasteiger partial charge in [-0.3, -0.25) is 0 Å². The van der Waals surface area contributed by atoms with E-state index < -0.39 is 9.84 Å². The molecule has 1 aromatic heterocycles. The van der Waals surface area contributed by atoms with Crippen LogP contribution in [0.15, 0.2) is 30.5 Å². The summed E-state index contributed by atoms with van der Waals surface area (Å²) in [6, 6.07) is 6.74. The number of anilines is 3. The topological polar surface area (TPSA) is 75.2 Å². The average Bonchev–Trinajstić information content (AvgIpc) is 2.90. The molecule has 3 rings (SSSR count). The first kappa shape index (κ1) is 17.3. The standard InChI is InChI=1S/C15H16Cl2N4O2S/c1-21(11-5-7-24(22,23)9-11)14-4-6-18-15(20-14)19-13-8-10(16)2-3-12(13)17/h2-4,6,8,11H,5,7,9H2,1H3,(H,18,19,20). The van der Waals surface area contributed by atoms with Crippen molar-refractivity contribution < 1.29 is 8.42 Å². The van der Waals surface area contributed by atoms with Gasteiger partial charge in [-0.05, 0) is 30.7 Å². The lowest BCUT2D eigenvalue weighted by atomic mass is 10.2. The highest BCUT2D eigenvalue weighted by Gasteiger charge is 2.31. The van der Waals surface area contributed by atoms with Crippen LogP contribution in [0.5, 0.6) is 0 Å². The summed E-state index contributed by atoms with van der Waals surface area (Å²) in [6.45, 7) is 0. The summed E-state index contributed by atoms with van der Waals surface area (Å²) >= 11 is 12.1. The van der Waals surface area contributed by atoms with Crippen molar-refractivity contribution in [3.8, 4) is 0 Å². The van der Waals surface area contributed by atoms with Crippen molar-refractivity contribution in [1.29, 1.82) is 0 Å². The highest BCUT2D eigenvalue weighted by Crippen LogP contribution is 2.28. The second-order valence-electron chi connectivity index (χ2n) is 5.66. The van der Waals surface area contributed by atoms with Crippen molar-refractivity contribution >= 4 is 50.5 Å². The second kappa shape index (κ2) is 6.74. The van der Waals surface area contributed by atoms with Crippen molar-refractivity contribution in [3.05, 3.63) is 40.5 Å². The molecule has 1 aliphatic rings. The third-order valence-corrected chi connectivity index (χ3v) is 6.25. The first-order chi connectivity index (χ1) is 11.3. The fraction of sp³-hybridized carbons (Fsp3) is 0.333. The first-order valence-corrected chi connectivity index (χ1v) is 9.90. The Kier molecular flexibility index (Phi) is 4.85. The molecule has 1 N–H and O–H groups in total. The van der Waals surface area contributed by atoms with Crippen molar-refractivity contribution in [3.63, 3.8) is 0 Å². The van der Waals surface area contributed by atoms with Crippen LogP contribution in [0.4, 0.5) is 17.5 Å². The summed E-state index contributed by atoms with van der Waals surface area (Å²) in [6.07, 6.45) is 2.22. The number of sulfone groups is 1. The lowest BCUT2D eigenvalue weighted by molar-refractivity contribution is 0.600. The van der Waals surface area contributed by atoms with Gasteiger partial charge in [-0.1, -0.05) is 23.2 Å². The Balaban J connectivity index is 1.80. The first-order valence-electron chi connectivity index (χ1n) is 7.32. The number of nitrogens with zero attached hydrogens (tertiary/aromatic N) is 3. The summed E-state index contributed by atoms with van der Waals surface area (Å²) in [5.74, 6) is 1.38. The quantitative estimate of drug-likeness (QED) is 0.869. The number of halogens is 2. The molecule has 6 nitrogen and oxygen atoms in total. The zero-order valence-corrected chi connectivity index (χ0v) is 15.2. The maximum Gasteiger partial charge on any atom is 0.229 e. The fourth-order valence-corrected chi connectivity index (χ4v) is 4.70. The molecule has 0 aliphatic carbocycles. The van der Waals surface area contributed by atoms with Crippen LogP contribution in [0, 0.1) is 0 Å². The zero-order chi connectivity index (χ0) is 17.3. The van der Waals surface area contributed by atoms with Crippen molar-refractivity contribution in [2.24, 2.45) is 0 Å². The number of hydrogen-bond acceptors (Lipinski definition) is 6. The highest BCUT2D eigenvalue weighted by molar-refractivity contribution is 7.91. The fourth-order valence-electron chi connectivity index (χ4n) is 2.59.